The predicted molar refractivity (Wildman–Crippen MR) is 113 cm³/mol. The second-order valence-electron chi connectivity index (χ2n) is 6.68. The summed E-state index contributed by atoms with van der Waals surface area (Å²) in [5.41, 5.74) is 4.10. The van der Waals surface area contributed by atoms with Crippen molar-refractivity contribution < 1.29 is 4.74 Å². The molecular formula is C22H23N6O. The molecule has 0 unspecified atom stereocenters. The zero-order valence-electron chi connectivity index (χ0n) is 16.5. The van der Waals surface area contributed by atoms with Gasteiger partial charge in [0.15, 0.2) is 17.4 Å². The molecule has 0 saturated carbocycles. The van der Waals surface area contributed by atoms with Crippen molar-refractivity contribution in [3.05, 3.63) is 72.7 Å². The van der Waals surface area contributed by atoms with Gasteiger partial charge >= 0.3 is 0 Å². The molecule has 3 aromatic heterocycles. The highest BCUT2D eigenvalue weighted by molar-refractivity contribution is 5.65. The summed E-state index contributed by atoms with van der Waals surface area (Å²) in [6.45, 7) is 2.87. The van der Waals surface area contributed by atoms with Gasteiger partial charge in [-0.05, 0) is 37.0 Å². The number of aromatic nitrogens is 5. The lowest BCUT2D eigenvalue weighted by Crippen LogP contribution is -2.04. The van der Waals surface area contributed by atoms with Gasteiger partial charge in [0.25, 0.3) is 0 Å². The molecule has 4 rings (SSSR count). The van der Waals surface area contributed by atoms with E-state index in [1.54, 1.807) is 25.7 Å². The van der Waals surface area contributed by atoms with E-state index in [-0.39, 0.29) is 0 Å². The van der Waals surface area contributed by atoms with Crippen LogP contribution in [0.1, 0.15) is 18.9 Å². The molecule has 3 heterocycles. The standard InChI is InChI=1S/C22H23N6O/c1-3-17-15-28(14-16-7-5-4-6-8-16)27-20(17)22-24-13-19(29-2)21(26-22)25-18-9-11-23-12-10-18/h4-7,9-13,15H,3,8,14H2,1-2H3,(H,23,24,25,26). The molecule has 0 bridgehead atoms. The average molecular weight is 387 g/mol. The SMILES string of the molecule is CCc1cn(CC2=CC=C[CH]C2)nc1-c1ncc(OC)c(Nc2ccncc2)n1. The van der Waals surface area contributed by atoms with Crippen LogP contribution in [0.3, 0.4) is 0 Å². The van der Waals surface area contributed by atoms with E-state index < -0.39 is 0 Å². The number of aryl methyl sites for hydroxylation is 1. The number of hydrogen-bond acceptors (Lipinski definition) is 6. The van der Waals surface area contributed by atoms with Crippen molar-refractivity contribution in [2.75, 3.05) is 12.4 Å². The maximum atomic E-state index is 5.42. The molecule has 1 radical (unpaired) electrons. The first kappa shape index (κ1) is 18.9. The Morgan fingerprint density at radius 2 is 2.07 bits per heavy atom. The molecule has 147 valence electrons. The Hall–Kier alpha value is -3.48. The van der Waals surface area contributed by atoms with Gasteiger partial charge in [-0.2, -0.15) is 5.10 Å². The first-order valence-electron chi connectivity index (χ1n) is 9.59. The molecule has 1 N–H and O–H groups in total. The smallest absolute Gasteiger partial charge is 0.182 e. The fourth-order valence-electron chi connectivity index (χ4n) is 3.17. The molecule has 3 aromatic rings. The molecular weight excluding hydrogens is 364 g/mol. The maximum Gasteiger partial charge on any atom is 0.182 e. The molecule has 0 aromatic carbocycles. The van der Waals surface area contributed by atoms with Crippen molar-refractivity contribution in [2.45, 2.75) is 26.3 Å². The topological polar surface area (TPSA) is 77.8 Å². The first-order valence-corrected chi connectivity index (χ1v) is 9.59. The van der Waals surface area contributed by atoms with Crippen LogP contribution in [0, 0.1) is 6.42 Å². The second-order valence-corrected chi connectivity index (χ2v) is 6.68. The summed E-state index contributed by atoms with van der Waals surface area (Å²) in [5.74, 6) is 1.73. The minimum absolute atomic E-state index is 0.567. The number of anilines is 2. The van der Waals surface area contributed by atoms with Crippen molar-refractivity contribution in [3.8, 4) is 17.3 Å². The van der Waals surface area contributed by atoms with Gasteiger partial charge in [0.2, 0.25) is 0 Å². The van der Waals surface area contributed by atoms with Crippen molar-refractivity contribution in [1.82, 2.24) is 24.7 Å². The highest BCUT2D eigenvalue weighted by atomic mass is 16.5. The zero-order valence-corrected chi connectivity index (χ0v) is 16.5. The van der Waals surface area contributed by atoms with Crippen LogP contribution in [0.5, 0.6) is 5.75 Å². The van der Waals surface area contributed by atoms with E-state index >= 15 is 0 Å². The van der Waals surface area contributed by atoms with Crippen LogP contribution >= 0.6 is 0 Å². The van der Waals surface area contributed by atoms with Gasteiger partial charge in [-0.1, -0.05) is 25.2 Å². The monoisotopic (exact) mass is 387 g/mol. The number of pyridine rings is 1. The van der Waals surface area contributed by atoms with E-state index in [0.29, 0.717) is 17.4 Å². The Bertz CT molecular complexity index is 1040. The molecule has 1 aliphatic carbocycles. The number of nitrogens with one attached hydrogen (secondary N) is 1. The maximum absolute atomic E-state index is 5.42. The second kappa shape index (κ2) is 8.68. The third kappa shape index (κ3) is 4.34. The van der Waals surface area contributed by atoms with Crippen LogP contribution < -0.4 is 10.1 Å². The number of rotatable bonds is 7. The van der Waals surface area contributed by atoms with E-state index in [1.165, 1.54) is 5.57 Å². The highest BCUT2D eigenvalue weighted by Gasteiger charge is 2.16. The van der Waals surface area contributed by atoms with Crippen LogP contribution in [0.25, 0.3) is 11.5 Å². The number of allylic oxidation sites excluding steroid dienone is 4. The summed E-state index contributed by atoms with van der Waals surface area (Å²) in [4.78, 5) is 13.2. The number of nitrogens with zero attached hydrogens (tertiary/aromatic N) is 5. The van der Waals surface area contributed by atoms with Crippen LogP contribution in [0.2, 0.25) is 0 Å². The Kier molecular flexibility index (Phi) is 5.65. The van der Waals surface area contributed by atoms with Gasteiger partial charge in [0.05, 0.1) is 19.9 Å². The van der Waals surface area contributed by atoms with Gasteiger partial charge in [0.1, 0.15) is 5.69 Å². The van der Waals surface area contributed by atoms with Crippen LogP contribution in [0.4, 0.5) is 11.5 Å². The minimum atomic E-state index is 0.567. The molecule has 0 atom stereocenters. The van der Waals surface area contributed by atoms with Crippen molar-refractivity contribution in [3.63, 3.8) is 0 Å². The van der Waals surface area contributed by atoms with Crippen molar-refractivity contribution >= 4 is 11.5 Å². The number of ether oxygens (including phenoxy) is 1. The van der Waals surface area contributed by atoms with Gasteiger partial charge in [-0.3, -0.25) is 9.67 Å². The largest absolute Gasteiger partial charge is 0.491 e. The fourth-order valence-corrected chi connectivity index (χ4v) is 3.17. The quantitative estimate of drug-likeness (QED) is 0.656. The Balaban J connectivity index is 1.66. The Morgan fingerprint density at radius 3 is 2.79 bits per heavy atom. The number of hydrogen-bond donors (Lipinski definition) is 1. The molecule has 0 spiro atoms. The lowest BCUT2D eigenvalue weighted by Gasteiger charge is -2.11. The summed E-state index contributed by atoms with van der Waals surface area (Å²) < 4.78 is 7.39. The van der Waals surface area contributed by atoms with Gasteiger partial charge in [-0.15, -0.1) is 0 Å². The average Bonchev–Trinajstić information content (AvgIpc) is 3.18. The normalized spacial score (nSPS) is 13.2. The fraction of sp³-hybridized carbons (Fsp3) is 0.227. The molecule has 7 heteroatoms. The molecule has 0 saturated heterocycles. The van der Waals surface area contributed by atoms with E-state index in [4.69, 9.17) is 14.8 Å². The predicted octanol–water partition coefficient (Wildman–Crippen LogP) is 4.14. The number of methoxy groups -OCH3 is 1. The van der Waals surface area contributed by atoms with Gasteiger partial charge in [0, 0.05) is 29.8 Å². The zero-order chi connectivity index (χ0) is 20.1. The van der Waals surface area contributed by atoms with Crippen LogP contribution in [0.15, 0.2) is 60.7 Å². The molecule has 1 aliphatic rings. The first-order chi connectivity index (χ1) is 14.3. The molecule has 0 fully saturated rings. The summed E-state index contributed by atoms with van der Waals surface area (Å²) in [6, 6.07) is 3.74. The van der Waals surface area contributed by atoms with Crippen molar-refractivity contribution in [2.24, 2.45) is 0 Å². The van der Waals surface area contributed by atoms with E-state index in [0.717, 1.165) is 36.3 Å². The van der Waals surface area contributed by atoms with E-state index in [1.807, 2.05) is 16.8 Å². The van der Waals surface area contributed by atoms with Crippen molar-refractivity contribution in [1.29, 1.82) is 0 Å². The summed E-state index contributed by atoms with van der Waals surface area (Å²) in [6.07, 6.45) is 17.4. The van der Waals surface area contributed by atoms with Crippen LogP contribution in [-0.4, -0.2) is 31.8 Å². The third-order valence-electron chi connectivity index (χ3n) is 4.67. The summed E-state index contributed by atoms with van der Waals surface area (Å²) in [5, 5.41) is 8.06. The minimum Gasteiger partial charge on any atom is -0.491 e. The lowest BCUT2D eigenvalue weighted by atomic mass is 10.1. The third-order valence-corrected chi connectivity index (χ3v) is 4.67. The molecule has 0 amide bonds. The summed E-state index contributed by atoms with van der Waals surface area (Å²) >= 11 is 0. The molecule has 29 heavy (non-hydrogen) atoms. The Morgan fingerprint density at radius 1 is 1.21 bits per heavy atom. The van der Waals surface area contributed by atoms with E-state index in [9.17, 15) is 0 Å². The Labute approximate surface area is 170 Å². The molecule has 7 nitrogen and oxygen atoms in total. The lowest BCUT2D eigenvalue weighted by molar-refractivity contribution is 0.413. The van der Waals surface area contributed by atoms with Crippen LogP contribution in [-0.2, 0) is 13.0 Å². The van der Waals surface area contributed by atoms with Gasteiger partial charge < -0.3 is 10.1 Å². The highest BCUT2D eigenvalue weighted by Crippen LogP contribution is 2.28. The molecule has 0 aliphatic heterocycles. The van der Waals surface area contributed by atoms with Gasteiger partial charge in [-0.25, -0.2) is 9.97 Å². The summed E-state index contributed by atoms with van der Waals surface area (Å²) in [7, 11) is 1.60. The van der Waals surface area contributed by atoms with E-state index in [2.05, 4.69) is 53.1 Å².